The number of hydrogen-bond acceptors (Lipinski definition) is 4. The highest BCUT2D eigenvalue weighted by Crippen LogP contribution is 2.25. The standard InChI is InChI=1S/C15H14N2O3/c1-10-2-4-12(5-3-10)16-17-13-6-7-14(18)11(8-13)9-15(19)20/h2-8,18H,9H2,1H3,(H,19,20). The van der Waals surface area contributed by atoms with E-state index in [0.29, 0.717) is 16.9 Å². The molecule has 0 aromatic heterocycles. The van der Waals surface area contributed by atoms with Crippen molar-refractivity contribution in [3.05, 3.63) is 53.6 Å². The number of carboxylic acid groups (broad SMARTS) is 1. The van der Waals surface area contributed by atoms with Crippen LogP contribution in [0.4, 0.5) is 11.4 Å². The summed E-state index contributed by atoms with van der Waals surface area (Å²) in [7, 11) is 0. The van der Waals surface area contributed by atoms with E-state index in [1.54, 1.807) is 6.07 Å². The summed E-state index contributed by atoms with van der Waals surface area (Å²) in [6, 6.07) is 12.1. The Balaban J connectivity index is 2.20. The third-order valence-corrected chi connectivity index (χ3v) is 2.72. The van der Waals surface area contributed by atoms with Crippen molar-refractivity contribution in [3.8, 4) is 5.75 Å². The Morgan fingerprint density at radius 1 is 1.05 bits per heavy atom. The van der Waals surface area contributed by atoms with E-state index in [4.69, 9.17) is 5.11 Å². The maximum Gasteiger partial charge on any atom is 0.307 e. The summed E-state index contributed by atoms with van der Waals surface area (Å²) in [6.07, 6.45) is -0.250. The van der Waals surface area contributed by atoms with E-state index in [0.717, 1.165) is 5.56 Å². The number of nitrogens with zero attached hydrogens (tertiary/aromatic N) is 2. The molecule has 0 aliphatic carbocycles. The van der Waals surface area contributed by atoms with Crippen molar-refractivity contribution in [1.29, 1.82) is 0 Å². The van der Waals surface area contributed by atoms with E-state index in [9.17, 15) is 9.90 Å². The molecule has 0 atom stereocenters. The average molecular weight is 270 g/mol. The SMILES string of the molecule is Cc1ccc(N=Nc2ccc(O)c(CC(=O)O)c2)cc1. The molecule has 5 heteroatoms. The van der Waals surface area contributed by atoms with Crippen LogP contribution in [0.25, 0.3) is 0 Å². The van der Waals surface area contributed by atoms with Gasteiger partial charge in [0.15, 0.2) is 0 Å². The van der Waals surface area contributed by atoms with Crippen LogP contribution >= 0.6 is 0 Å². The van der Waals surface area contributed by atoms with Gasteiger partial charge in [-0.2, -0.15) is 10.2 Å². The second kappa shape index (κ2) is 5.97. The smallest absolute Gasteiger partial charge is 0.307 e. The first-order chi connectivity index (χ1) is 9.54. The predicted molar refractivity (Wildman–Crippen MR) is 74.8 cm³/mol. The van der Waals surface area contributed by atoms with Crippen molar-refractivity contribution in [2.45, 2.75) is 13.3 Å². The first-order valence-corrected chi connectivity index (χ1v) is 6.07. The van der Waals surface area contributed by atoms with E-state index >= 15 is 0 Å². The van der Waals surface area contributed by atoms with Crippen LogP contribution in [-0.4, -0.2) is 16.2 Å². The summed E-state index contributed by atoms with van der Waals surface area (Å²) in [5, 5.41) is 26.4. The Kier molecular flexibility index (Phi) is 4.10. The second-order valence-electron chi connectivity index (χ2n) is 4.42. The van der Waals surface area contributed by atoms with Gasteiger partial charge in [0.2, 0.25) is 0 Å². The number of aromatic hydroxyl groups is 1. The Morgan fingerprint density at radius 2 is 1.65 bits per heavy atom. The van der Waals surface area contributed by atoms with Crippen molar-refractivity contribution in [2.75, 3.05) is 0 Å². The van der Waals surface area contributed by atoms with Gasteiger partial charge in [0, 0.05) is 5.56 Å². The molecule has 5 nitrogen and oxygen atoms in total. The number of benzene rings is 2. The number of phenolic OH excluding ortho intramolecular Hbond substituents is 1. The van der Waals surface area contributed by atoms with Gasteiger partial charge in [-0.05, 0) is 37.3 Å². The van der Waals surface area contributed by atoms with Gasteiger partial charge in [-0.3, -0.25) is 4.79 Å². The Morgan fingerprint density at radius 3 is 2.30 bits per heavy atom. The number of azo groups is 1. The topological polar surface area (TPSA) is 82.2 Å². The largest absolute Gasteiger partial charge is 0.508 e. The summed E-state index contributed by atoms with van der Waals surface area (Å²) in [6.45, 7) is 1.99. The number of aryl methyl sites for hydroxylation is 1. The number of phenols is 1. The molecule has 0 unspecified atom stereocenters. The van der Waals surface area contributed by atoms with Crippen LogP contribution in [0.2, 0.25) is 0 Å². The molecule has 0 spiro atoms. The molecular weight excluding hydrogens is 256 g/mol. The fourth-order valence-corrected chi connectivity index (χ4v) is 1.67. The Hall–Kier alpha value is -2.69. The quantitative estimate of drug-likeness (QED) is 0.830. The molecule has 0 aliphatic rings. The van der Waals surface area contributed by atoms with Crippen molar-refractivity contribution < 1.29 is 15.0 Å². The maximum absolute atomic E-state index is 10.7. The van der Waals surface area contributed by atoms with Gasteiger partial charge in [0.25, 0.3) is 0 Å². The van der Waals surface area contributed by atoms with Crippen molar-refractivity contribution in [3.63, 3.8) is 0 Å². The number of hydrogen-bond donors (Lipinski definition) is 2. The molecule has 2 rings (SSSR count). The zero-order valence-corrected chi connectivity index (χ0v) is 10.9. The monoisotopic (exact) mass is 270 g/mol. The van der Waals surface area contributed by atoms with Crippen LogP contribution in [0.3, 0.4) is 0 Å². The van der Waals surface area contributed by atoms with Gasteiger partial charge in [0.05, 0.1) is 17.8 Å². The normalized spacial score (nSPS) is 10.8. The van der Waals surface area contributed by atoms with Crippen LogP contribution in [0.5, 0.6) is 5.75 Å². The Bertz CT molecular complexity index is 649. The van der Waals surface area contributed by atoms with Gasteiger partial charge >= 0.3 is 5.97 Å². The van der Waals surface area contributed by atoms with E-state index in [2.05, 4.69) is 10.2 Å². The molecule has 0 saturated heterocycles. The lowest BCUT2D eigenvalue weighted by Crippen LogP contribution is -1.99. The molecule has 0 aliphatic heterocycles. The molecule has 0 fully saturated rings. The molecule has 0 bridgehead atoms. The number of aliphatic carboxylic acids is 1. The van der Waals surface area contributed by atoms with Gasteiger partial charge < -0.3 is 10.2 Å². The molecule has 2 aromatic rings. The van der Waals surface area contributed by atoms with E-state index in [-0.39, 0.29) is 12.2 Å². The molecule has 0 radical (unpaired) electrons. The third-order valence-electron chi connectivity index (χ3n) is 2.72. The molecule has 0 amide bonds. The highest BCUT2D eigenvalue weighted by Gasteiger charge is 2.07. The highest BCUT2D eigenvalue weighted by molar-refractivity contribution is 5.72. The van der Waals surface area contributed by atoms with Crippen molar-refractivity contribution in [2.24, 2.45) is 10.2 Å². The molecule has 0 heterocycles. The lowest BCUT2D eigenvalue weighted by molar-refractivity contribution is -0.136. The van der Waals surface area contributed by atoms with Crippen LogP contribution in [0.15, 0.2) is 52.7 Å². The minimum absolute atomic E-state index is 0.0540. The highest BCUT2D eigenvalue weighted by atomic mass is 16.4. The fourth-order valence-electron chi connectivity index (χ4n) is 1.67. The third kappa shape index (κ3) is 3.65. The summed E-state index contributed by atoms with van der Waals surface area (Å²) in [5.41, 5.74) is 2.67. The first-order valence-electron chi connectivity index (χ1n) is 6.07. The van der Waals surface area contributed by atoms with Crippen LogP contribution in [-0.2, 0) is 11.2 Å². The van der Waals surface area contributed by atoms with Gasteiger partial charge in [-0.1, -0.05) is 17.7 Å². The zero-order valence-electron chi connectivity index (χ0n) is 10.9. The van der Waals surface area contributed by atoms with Crippen LogP contribution in [0.1, 0.15) is 11.1 Å². The summed E-state index contributed by atoms with van der Waals surface area (Å²) in [5.74, 6) is -1.06. The summed E-state index contributed by atoms with van der Waals surface area (Å²) < 4.78 is 0. The lowest BCUT2D eigenvalue weighted by Gasteiger charge is -2.02. The number of carbonyl (C=O) groups is 1. The van der Waals surface area contributed by atoms with E-state index in [1.807, 2.05) is 31.2 Å². The van der Waals surface area contributed by atoms with Crippen molar-refractivity contribution >= 4 is 17.3 Å². The first kappa shape index (κ1) is 13.7. The molecular formula is C15H14N2O3. The number of rotatable bonds is 4. The molecule has 0 saturated carbocycles. The van der Waals surface area contributed by atoms with Crippen LogP contribution in [0, 0.1) is 6.92 Å². The van der Waals surface area contributed by atoms with Gasteiger partial charge in [-0.15, -0.1) is 0 Å². The molecule has 2 N–H and O–H groups in total. The fraction of sp³-hybridized carbons (Fsp3) is 0.133. The molecule has 20 heavy (non-hydrogen) atoms. The van der Waals surface area contributed by atoms with Gasteiger partial charge in [0.1, 0.15) is 5.75 Å². The average Bonchev–Trinajstić information content (AvgIpc) is 2.41. The predicted octanol–water partition coefficient (Wildman–Crippen LogP) is 3.74. The molecule has 102 valence electrons. The minimum atomic E-state index is -1.01. The molecule has 2 aromatic carbocycles. The van der Waals surface area contributed by atoms with E-state index < -0.39 is 5.97 Å². The lowest BCUT2D eigenvalue weighted by atomic mass is 10.1. The van der Waals surface area contributed by atoms with Crippen molar-refractivity contribution in [1.82, 2.24) is 0 Å². The Labute approximate surface area is 116 Å². The van der Waals surface area contributed by atoms with Crippen LogP contribution < -0.4 is 0 Å². The van der Waals surface area contributed by atoms with Gasteiger partial charge in [-0.25, -0.2) is 0 Å². The second-order valence-corrected chi connectivity index (χ2v) is 4.42. The summed E-state index contributed by atoms with van der Waals surface area (Å²) >= 11 is 0. The maximum atomic E-state index is 10.7. The summed E-state index contributed by atoms with van der Waals surface area (Å²) in [4.78, 5) is 10.7. The van der Waals surface area contributed by atoms with E-state index in [1.165, 1.54) is 12.1 Å². The number of carboxylic acids is 1. The zero-order chi connectivity index (χ0) is 14.5. The minimum Gasteiger partial charge on any atom is -0.508 e.